The topological polar surface area (TPSA) is 58.6 Å². The Labute approximate surface area is 184 Å². The minimum absolute atomic E-state index is 0.0938. The molecule has 1 fully saturated rings. The van der Waals surface area contributed by atoms with Crippen molar-refractivity contribution < 1.29 is 14.3 Å². The number of nitrogens with one attached hydrogen (secondary N) is 1. The largest absolute Gasteiger partial charge is 0.378 e. The van der Waals surface area contributed by atoms with Gasteiger partial charge in [0.15, 0.2) is 0 Å². The van der Waals surface area contributed by atoms with Gasteiger partial charge in [-0.25, -0.2) is 0 Å². The highest BCUT2D eigenvalue weighted by Crippen LogP contribution is 2.41. The van der Waals surface area contributed by atoms with E-state index in [0.717, 1.165) is 16.0 Å². The highest BCUT2D eigenvalue weighted by Gasteiger charge is 2.28. The van der Waals surface area contributed by atoms with Crippen molar-refractivity contribution in [3.8, 4) is 10.4 Å². The van der Waals surface area contributed by atoms with E-state index in [4.69, 9.17) is 16.3 Å². The molecule has 0 bridgehead atoms. The van der Waals surface area contributed by atoms with E-state index >= 15 is 0 Å². The van der Waals surface area contributed by atoms with Gasteiger partial charge in [0.25, 0.3) is 11.8 Å². The molecular formula is C23H21ClN2O3S. The number of morpholine rings is 1. The lowest BCUT2D eigenvalue weighted by Gasteiger charge is -2.27. The number of ether oxygens (including phenoxy) is 1. The Hall–Kier alpha value is -2.67. The number of rotatable bonds is 4. The van der Waals surface area contributed by atoms with Crippen LogP contribution in [0.3, 0.4) is 0 Å². The number of hydrogen-bond donors (Lipinski definition) is 1. The van der Waals surface area contributed by atoms with Crippen LogP contribution in [0.2, 0.25) is 5.02 Å². The predicted octanol–water partition coefficient (Wildman–Crippen LogP) is 5.10. The molecule has 0 unspecified atom stereocenters. The fraction of sp³-hybridized carbons (Fsp3) is 0.217. The van der Waals surface area contributed by atoms with Crippen LogP contribution in [0, 0.1) is 6.92 Å². The quantitative estimate of drug-likeness (QED) is 0.613. The summed E-state index contributed by atoms with van der Waals surface area (Å²) in [6.45, 7) is 4.03. The number of carbonyl (C=O) groups is 2. The maximum absolute atomic E-state index is 13.4. The average Bonchev–Trinajstić information content (AvgIpc) is 3.10. The molecule has 30 heavy (non-hydrogen) atoms. The summed E-state index contributed by atoms with van der Waals surface area (Å²) in [5, 5.41) is 3.84. The molecule has 0 aliphatic carbocycles. The predicted molar refractivity (Wildman–Crippen MR) is 121 cm³/mol. The van der Waals surface area contributed by atoms with Gasteiger partial charge in [-0.3, -0.25) is 9.59 Å². The van der Waals surface area contributed by atoms with Crippen LogP contribution >= 0.6 is 22.9 Å². The average molecular weight is 441 g/mol. The number of anilines is 1. The van der Waals surface area contributed by atoms with Crippen LogP contribution in [0.15, 0.2) is 54.6 Å². The van der Waals surface area contributed by atoms with Crippen molar-refractivity contribution in [3.05, 3.63) is 76.3 Å². The summed E-state index contributed by atoms with van der Waals surface area (Å²) in [4.78, 5) is 29.0. The third-order valence-electron chi connectivity index (χ3n) is 5.04. The zero-order valence-corrected chi connectivity index (χ0v) is 18.1. The van der Waals surface area contributed by atoms with Crippen LogP contribution in [0.5, 0.6) is 0 Å². The summed E-state index contributed by atoms with van der Waals surface area (Å²) in [7, 11) is 0. The molecule has 1 aliphatic rings. The van der Waals surface area contributed by atoms with Gasteiger partial charge in [0.2, 0.25) is 0 Å². The highest BCUT2D eigenvalue weighted by atomic mass is 35.5. The normalized spacial score (nSPS) is 13.9. The number of benzene rings is 2. The SMILES string of the molecule is Cc1c(-c2ccccc2)sc(NC(=O)c2ccccc2Cl)c1C(=O)N1CCOCC1. The van der Waals surface area contributed by atoms with Crippen molar-refractivity contribution in [2.24, 2.45) is 0 Å². The molecule has 0 radical (unpaired) electrons. The van der Waals surface area contributed by atoms with Crippen LogP contribution in [-0.4, -0.2) is 43.0 Å². The molecule has 0 atom stereocenters. The van der Waals surface area contributed by atoms with E-state index in [0.29, 0.717) is 47.5 Å². The maximum atomic E-state index is 13.4. The summed E-state index contributed by atoms with van der Waals surface area (Å²) in [6, 6.07) is 16.7. The Bertz CT molecular complexity index is 1080. The number of carbonyl (C=O) groups excluding carboxylic acids is 2. The second-order valence-corrected chi connectivity index (χ2v) is 8.39. The fourth-order valence-electron chi connectivity index (χ4n) is 3.46. The third kappa shape index (κ3) is 4.12. The van der Waals surface area contributed by atoms with E-state index in [-0.39, 0.29) is 11.8 Å². The van der Waals surface area contributed by atoms with Crippen LogP contribution in [0.4, 0.5) is 5.00 Å². The molecule has 2 amide bonds. The Kier molecular flexibility index (Phi) is 6.18. The fourth-order valence-corrected chi connectivity index (χ4v) is 4.89. The Morgan fingerprint density at radius 1 is 1.03 bits per heavy atom. The monoisotopic (exact) mass is 440 g/mol. The Balaban J connectivity index is 1.75. The van der Waals surface area contributed by atoms with E-state index in [1.165, 1.54) is 11.3 Å². The lowest BCUT2D eigenvalue weighted by Crippen LogP contribution is -2.41. The number of hydrogen-bond acceptors (Lipinski definition) is 4. The van der Waals surface area contributed by atoms with Crippen LogP contribution in [0.1, 0.15) is 26.3 Å². The maximum Gasteiger partial charge on any atom is 0.257 e. The first-order valence-corrected chi connectivity index (χ1v) is 10.9. The van der Waals surface area contributed by atoms with Gasteiger partial charge in [0, 0.05) is 18.0 Å². The molecule has 4 rings (SSSR count). The van der Waals surface area contributed by atoms with Crippen LogP contribution in [-0.2, 0) is 4.74 Å². The van der Waals surface area contributed by atoms with E-state index in [2.05, 4.69) is 5.32 Å². The molecule has 0 spiro atoms. The van der Waals surface area contributed by atoms with E-state index < -0.39 is 0 Å². The van der Waals surface area contributed by atoms with Gasteiger partial charge >= 0.3 is 0 Å². The minimum Gasteiger partial charge on any atom is -0.378 e. The lowest BCUT2D eigenvalue weighted by molar-refractivity contribution is 0.0303. The molecule has 1 aliphatic heterocycles. The number of thiophene rings is 1. The molecule has 1 saturated heterocycles. The molecular weight excluding hydrogens is 420 g/mol. The van der Waals surface area contributed by atoms with Gasteiger partial charge in [-0.1, -0.05) is 54.1 Å². The molecule has 2 heterocycles. The molecule has 1 aromatic heterocycles. The zero-order chi connectivity index (χ0) is 21.1. The van der Waals surface area contributed by atoms with E-state index in [1.807, 2.05) is 37.3 Å². The second-order valence-electron chi connectivity index (χ2n) is 6.96. The van der Waals surface area contributed by atoms with Crippen LogP contribution in [0.25, 0.3) is 10.4 Å². The first kappa shape index (κ1) is 20.6. The zero-order valence-electron chi connectivity index (χ0n) is 16.5. The van der Waals surface area contributed by atoms with Gasteiger partial charge in [-0.05, 0) is 30.2 Å². The summed E-state index contributed by atoms with van der Waals surface area (Å²) < 4.78 is 5.38. The van der Waals surface area contributed by atoms with Crippen molar-refractivity contribution in [1.82, 2.24) is 4.90 Å². The molecule has 0 saturated carbocycles. The Morgan fingerprint density at radius 2 is 1.70 bits per heavy atom. The minimum atomic E-state index is -0.336. The molecule has 7 heteroatoms. The van der Waals surface area contributed by atoms with Crippen LogP contribution < -0.4 is 5.32 Å². The molecule has 1 N–H and O–H groups in total. The first-order chi connectivity index (χ1) is 14.6. The first-order valence-electron chi connectivity index (χ1n) is 9.68. The van der Waals surface area contributed by atoms with Crippen molar-refractivity contribution in [3.63, 3.8) is 0 Å². The van der Waals surface area contributed by atoms with Gasteiger partial charge in [0.1, 0.15) is 5.00 Å². The van der Waals surface area contributed by atoms with Crippen molar-refractivity contribution in [1.29, 1.82) is 0 Å². The highest BCUT2D eigenvalue weighted by molar-refractivity contribution is 7.20. The van der Waals surface area contributed by atoms with Crippen molar-refractivity contribution in [2.75, 3.05) is 31.6 Å². The standard InChI is InChI=1S/C23H21ClN2O3S/c1-15-19(23(28)26-11-13-29-14-12-26)22(30-20(15)16-7-3-2-4-8-16)25-21(27)17-9-5-6-10-18(17)24/h2-10H,11-14H2,1H3,(H,25,27). The summed E-state index contributed by atoms with van der Waals surface area (Å²) in [5.41, 5.74) is 2.77. The van der Waals surface area contributed by atoms with Gasteiger partial charge < -0.3 is 15.0 Å². The van der Waals surface area contributed by atoms with Gasteiger partial charge in [-0.2, -0.15) is 0 Å². The van der Waals surface area contributed by atoms with E-state index in [9.17, 15) is 9.59 Å². The third-order valence-corrected chi connectivity index (χ3v) is 6.63. The summed E-state index contributed by atoms with van der Waals surface area (Å²) in [6.07, 6.45) is 0. The summed E-state index contributed by atoms with van der Waals surface area (Å²) >= 11 is 7.60. The number of halogens is 1. The van der Waals surface area contributed by atoms with Gasteiger partial charge in [-0.15, -0.1) is 11.3 Å². The van der Waals surface area contributed by atoms with Crippen molar-refractivity contribution >= 4 is 39.8 Å². The summed E-state index contributed by atoms with van der Waals surface area (Å²) in [5.74, 6) is -0.429. The Morgan fingerprint density at radius 3 is 2.40 bits per heavy atom. The molecule has 5 nitrogen and oxygen atoms in total. The molecule has 154 valence electrons. The number of amides is 2. The van der Waals surface area contributed by atoms with Gasteiger partial charge in [0.05, 0.1) is 29.4 Å². The smallest absolute Gasteiger partial charge is 0.257 e. The lowest BCUT2D eigenvalue weighted by atomic mass is 10.1. The molecule has 2 aromatic carbocycles. The van der Waals surface area contributed by atoms with Crippen molar-refractivity contribution in [2.45, 2.75) is 6.92 Å². The second kappa shape index (κ2) is 9.00. The molecule has 3 aromatic rings. The van der Waals surface area contributed by atoms with E-state index in [1.54, 1.807) is 29.2 Å². The number of nitrogens with zero attached hydrogens (tertiary/aromatic N) is 1.